The maximum Gasteiger partial charge on any atom is 0.408 e. The first-order chi connectivity index (χ1) is 16.0. The molecule has 3 N–H and O–H groups in total. The van der Waals surface area contributed by atoms with Crippen LogP contribution in [0.5, 0.6) is 6.01 Å². The van der Waals surface area contributed by atoms with E-state index in [4.69, 9.17) is 30.5 Å². The number of aliphatic hydroxyl groups is 1. The number of benzene rings is 1. The number of aromatic nitrogens is 3. The van der Waals surface area contributed by atoms with E-state index in [1.54, 1.807) is 6.07 Å². The zero-order valence-electron chi connectivity index (χ0n) is 17.5. The molecule has 2 aromatic heterocycles. The van der Waals surface area contributed by atoms with Crippen molar-refractivity contribution < 1.29 is 28.8 Å². The van der Waals surface area contributed by atoms with E-state index < -0.39 is 12.2 Å². The van der Waals surface area contributed by atoms with Gasteiger partial charge in [-0.1, -0.05) is 35.9 Å². The highest BCUT2D eigenvalue weighted by Crippen LogP contribution is 2.33. The summed E-state index contributed by atoms with van der Waals surface area (Å²) in [7, 11) is 0. The molecule has 1 aromatic carbocycles. The van der Waals surface area contributed by atoms with Crippen LogP contribution in [0.3, 0.4) is 0 Å². The summed E-state index contributed by atoms with van der Waals surface area (Å²) in [5, 5.41) is 13.1. The molecular weight excluding hydrogens is 452 g/mol. The molecule has 0 aliphatic carbocycles. The number of hydrogen-bond acceptors (Lipinski definition) is 8. The van der Waals surface area contributed by atoms with Gasteiger partial charge in [0.05, 0.1) is 35.5 Å². The SMILES string of the molecule is C[C@H]1NC(=O)O[C@H]1c1ccc(-c2nc3nc(O[C@@H]4CO[C@H]5[C@@H]4OC[C@H]5O)[nH]c3cc2Cl)cc1. The van der Waals surface area contributed by atoms with Crippen molar-refractivity contribution in [1.29, 1.82) is 0 Å². The van der Waals surface area contributed by atoms with Gasteiger partial charge < -0.3 is 34.4 Å². The zero-order chi connectivity index (χ0) is 22.7. The Hall–Kier alpha value is -2.92. The number of pyridine rings is 1. The van der Waals surface area contributed by atoms with E-state index in [2.05, 4.69) is 20.3 Å². The number of carbonyl (C=O) groups is 1. The Morgan fingerprint density at radius 3 is 2.70 bits per heavy atom. The second kappa shape index (κ2) is 7.84. The Balaban J connectivity index is 1.24. The number of ether oxygens (including phenoxy) is 4. The summed E-state index contributed by atoms with van der Waals surface area (Å²) >= 11 is 6.52. The number of rotatable bonds is 4. The summed E-state index contributed by atoms with van der Waals surface area (Å²) in [5.41, 5.74) is 3.36. The van der Waals surface area contributed by atoms with Crippen LogP contribution in [0.2, 0.25) is 5.02 Å². The number of cyclic esters (lactones) is 1. The standard InChI is InChI=1S/C22H21ClN4O6/c1-9-17(33-22(29)24-9)11-4-2-10(3-5-11)16-12(23)6-13-20(26-16)27-21(25-13)32-15-8-31-18-14(28)7-30-19(15)18/h2-6,9,14-15,17-19,28H,7-8H2,1H3,(H,24,29)(H,25,26,27)/t9-,14-,15-,17-,18-,19-/m1/s1. The molecule has 3 aromatic rings. The second-order valence-electron chi connectivity index (χ2n) is 8.43. The minimum atomic E-state index is -0.645. The number of alkyl carbamates (subject to hydrolysis) is 1. The molecule has 10 nitrogen and oxygen atoms in total. The van der Waals surface area contributed by atoms with E-state index in [1.165, 1.54) is 0 Å². The molecule has 0 saturated carbocycles. The highest BCUT2D eigenvalue weighted by molar-refractivity contribution is 6.33. The highest BCUT2D eigenvalue weighted by atomic mass is 35.5. The predicted octanol–water partition coefficient (Wildman–Crippen LogP) is 2.35. The fraction of sp³-hybridized carbons (Fsp3) is 0.409. The van der Waals surface area contributed by atoms with Crippen molar-refractivity contribution in [3.63, 3.8) is 0 Å². The van der Waals surface area contributed by atoms with Crippen LogP contribution < -0.4 is 10.1 Å². The van der Waals surface area contributed by atoms with Gasteiger partial charge in [0.1, 0.15) is 24.4 Å². The minimum absolute atomic E-state index is 0.109. The van der Waals surface area contributed by atoms with Gasteiger partial charge in [0.25, 0.3) is 6.01 Å². The Bertz CT molecular complexity index is 1220. The third-order valence-corrected chi connectivity index (χ3v) is 6.48. The molecule has 0 radical (unpaired) electrons. The summed E-state index contributed by atoms with van der Waals surface area (Å²) in [6.07, 6.45) is -2.50. The van der Waals surface area contributed by atoms with Crippen molar-refractivity contribution >= 4 is 28.9 Å². The van der Waals surface area contributed by atoms with E-state index in [-0.39, 0.29) is 43.1 Å². The predicted molar refractivity (Wildman–Crippen MR) is 116 cm³/mol. The first-order valence-corrected chi connectivity index (χ1v) is 11.1. The lowest BCUT2D eigenvalue weighted by molar-refractivity contribution is 0.00706. The molecule has 33 heavy (non-hydrogen) atoms. The molecule has 3 aliphatic rings. The largest absolute Gasteiger partial charge is 0.456 e. The van der Waals surface area contributed by atoms with Crippen LogP contribution in [0.4, 0.5) is 4.79 Å². The van der Waals surface area contributed by atoms with Gasteiger partial charge in [0, 0.05) is 5.56 Å². The van der Waals surface area contributed by atoms with Crippen LogP contribution in [-0.4, -0.2) is 69.8 Å². The van der Waals surface area contributed by atoms with Crippen molar-refractivity contribution in [2.75, 3.05) is 13.2 Å². The van der Waals surface area contributed by atoms with E-state index >= 15 is 0 Å². The fourth-order valence-corrected chi connectivity index (χ4v) is 4.80. The maximum atomic E-state index is 11.5. The molecule has 11 heteroatoms. The minimum Gasteiger partial charge on any atom is -0.456 e. The lowest BCUT2D eigenvalue weighted by Crippen LogP contribution is -2.34. The van der Waals surface area contributed by atoms with Gasteiger partial charge in [-0.25, -0.2) is 9.78 Å². The smallest absolute Gasteiger partial charge is 0.408 e. The Kier molecular flexibility index (Phi) is 4.91. The molecule has 0 spiro atoms. The van der Waals surface area contributed by atoms with E-state index in [1.807, 2.05) is 31.2 Å². The topological polar surface area (TPSA) is 128 Å². The van der Waals surface area contributed by atoms with E-state index in [0.717, 1.165) is 11.1 Å². The van der Waals surface area contributed by atoms with Crippen LogP contribution in [0.1, 0.15) is 18.6 Å². The molecule has 1 amide bonds. The van der Waals surface area contributed by atoms with Gasteiger partial charge in [0.15, 0.2) is 11.8 Å². The van der Waals surface area contributed by atoms with Gasteiger partial charge in [-0.15, -0.1) is 0 Å². The van der Waals surface area contributed by atoms with Crippen LogP contribution in [0.15, 0.2) is 30.3 Å². The number of hydrogen-bond donors (Lipinski definition) is 3. The Morgan fingerprint density at radius 2 is 1.94 bits per heavy atom. The number of carbonyl (C=O) groups excluding carboxylic acids is 1. The lowest BCUT2D eigenvalue weighted by atomic mass is 10.0. The number of H-pyrrole nitrogens is 1. The summed E-state index contributed by atoms with van der Waals surface area (Å²) in [5.74, 6) is 0. The van der Waals surface area contributed by atoms with E-state index in [9.17, 15) is 9.90 Å². The number of halogens is 1. The molecule has 5 heterocycles. The number of aliphatic hydroxyl groups excluding tert-OH is 1. The molecule has 0 bridgehead atoms. The van der Waals surface area contributed by atoms with Gasteiger partial charge >= 0.3 is 6.09 Å². The maximum absolute atomic E-state index is 11.5. The van der Waals surface area contributed by atoms with Crippen molar-refractivity contribution in [3.8, 4) is 17.3 Å². The average Bonchev–Trinajstić information content (AvgIpc) is 3.54. The number of nitrogens with zero attached hydrogens (tertiary/aromatic N) is 2. The summed E-state index contributed by atoms with van der Waals surface area (Å²) in [4.78, 5) is 23.6. The van der Waals surface area contributed by atoms with E-state index in [0.29, 0.717) is 28.5 Å². The zero-order valence-corrected chi connectivity index (χ0v) is 18.3. The van der Waals surface area contributed by atoms with Crippen LogP contribution in [0.25, 0.3) is 22.4 Å². The number of nitrogens with one attached hydrogen (secondary N) is 2. The molecule has 0 unspecified atom stereocenters. The molecular formula is C22H21ClN4O6. The monoisotopic (exact) mass is 472 g/mol. The van der Waals surface area contributed by atoms with Crippen LogP contribution in [0, 0.1) is 0 Å². The number of aromatic amines is 1. The summed E-state index contributed by atoms with van der Waals surface area (Å²) in [6.45, 7) is 2.43. The van der Waals surface area contributed by atoms with Crippen molar-refractivity contribution in [3.05, 3.63) is 40.9 Å². The van der Waals surface area contributed by atoms with Gasteiger partial charge in [-0.05, 0) is 18.6 Å². The van der Waals surface area contributed by atoms with Crippen LogP contribution >= 0.6 is 11.6 Å². The van der Waals surface area contributed by atoms with Gasteiger partial charge in [-0.2, -0.15) is 4.98 Å². The third-order valence-electron chi connectivity index (χ3n) is 6.20. The highest BCUT2D eigenvalue weighted by Gasteiger charge is 2.48. The molecule has 3 saturated heterocycles. The first kappa shape index (κ1) is 20.7. The quantitative estimate of drug-likeness (QED) is 0.528. The number of fused-ring (bicyclic) bond motifs is 2. The fourth-order valence-electron chi connectivity index (χ4n) is 4.54. The Labute approximate surface area is 193 Å². The van der Waals surface area contributed by atoms with Gasteiger partial charge in [-0.3, -0.25) is 0 Å². The van der Waals surface area contributed by atoms with Crippen molar-refractivity contribution in [1.82, 2.24) is 20.3 Å². The molecule has 172 valence electrons. The lowest BCUT2D eigenvalue weighted by Gasteiger charge is -2.15. The summed E-state index contributed by atoms with van der Waals surface area (Å²) in [6, 6.07) is 9.48. The summed E-state index contributed by atoms with van der Waals surface area (Å²) < 4.78 is 22.5. The normalized spacial score (nSPS) is 30.9. The molecule has 6 atom stereocenters. The number of imidazole rings is 1. The number of amides is 1. The molecule has 3 fully saturated rings. The van der Waals surface area contributed by atoms with Crippen molar-refractivity contribution in [2.24, 2.45) is 0 Å². The molecule has 3 aliphatic heterocycles. The average molecular weight is 473 g/mol. The first-order valence-electron chi connectivity index (χ1n) is 10.7. The third kappa shape index (κ3) is 3.59. The van der Waals surface area contributed by atoms with Crippen molar-refractivity contribution in [2.45, 2.75) is 43.5 Å². The Morgan fingerprint density at radius 1 is 1.15 bits per heavy atom. The second-order valence-corrected chi connectivity index (χ2v) is 8.84. The molecule has 6 rings (SSSR count). The van der Waals surface area contributed by atoms with Crippen LogP contribution in [-0.2, 0) is 14.2 Å². The van der Waals surface area contributed by atoms with Gasteiger partial charge in [0.2, 0.25) is 0 Å².